The standard InChI is InChI=1S/C10H19NO4S/c1-10(2,3)16(14,15)9-6-4-8(5-7-9)11(12)13/h8-9H,4-7H2,1-3H3. The fraction of sp³-hybridized carbons (Fsp3) is 1.00. The van der Waals surface area contributed by atoms with Gasteiger partial charge in [-0.1, -0.05) is 0 Å². The van der Waals surface area contributed by atoms with Crippen LogP contribution in [-0.4, -0.2) is 29.4 Å². The Bertz CT molecular complexity index is 361. The first-order chi connectivity index (χ1) is 7.16. The monoisotopic (exact) mass is 249 g/mol. The second kappa shape index (κ2) is 4.31. The number of hydrogen-bond acceptors (Lipinski definition) is 4. The minimum absolute atomic E-state index is 0.292. The van der Waals surface area contributed by atoms with Gasteiger partial charge < -0.3 is 0 Å². The maximum absolute atomic E-state index is 12.1. The van der Waals surface area contributed by atoms with Gasteiger partial charge in [-0.2, -0.15) is 0 Å². The first-order valence-corrected chi connectivity index (χ1v) is 7.08. The van der Waals surface area contributed by atoms with Crippen LogP contribution in [0.1, 0.15) is 46.5 Å². The SMILES string of the molecule is CC(C)(C)S(=O)(=O)C1CCC([N+](=O)[O-])CC1. The summed E-state index contributed by atoms with van der Waals surface area (Å²) < 4.78 is 23.5. The summed E-state index contributed by atoms with van der Waals surface area (Å²) in [6, 6.07) is -0.550. The fourth-order valence-electron chi connectivity index (χ4n) is 2.07. The van der Waals surface area contributed by atoms with E-state index in [0.717, 1.165) is 0 Å². The predicted molar refractivity (Wildman–Crippen MR) is 61.7 cm³/mol. The van der Waals surface area contributed by atoms with E-state index in [0.29, 0.717) is 25.7 Å². The maximum atomic E-state index is 12.1. The third-order valence-corrected chi connectivity index (χ3v) is 6.29. The molecule has 1 fully saturated rings. The van der Waals surface area contributed by atoms with E-state index in [1.54, 1.807) is 20.8 Å². The van der Waals surface area contributed by atoms with Crippen LogP contribution in [0.3, 0.4) is 0 Å². The molecule has 0 bridgehead atoms. The van der Waals surface area contributed by atoms with Crippen molar-refractivity contribution in [3.05, 3.63) is 10.1 Å². The molecule has 0 unspecified atom stereocenters. The molecule has 0 aliphatic heterocycles. The van der Waals surface area contributed by atoms with Crippen LogP contribution in [0.15, 0.2) is 0 Å². The molecule has 5 nitrogen and oxygen atoms in total. The third-order valence-electron chi connectivity index (χ3n) is 3.23. The molecular formula is C10H19NO4S. The van der Waals surface area contributed by atoms with Crippen molar-refractivity contribution in [1.82, 2.24) is 0 Å². The lowest BCUT2D eigenvalue weighted by atomic mass is 9.95. The Labute approximate surface area is 96.3 Å². The molecule has 6 heteroatoms. The zero-order valence-corrected chi connectivity index (χ0v) is 10.8. The Morgan fingerprint density at radius 1 is 1.12 bits per heavy atom. The Morgan fingerprint density at radius 3 is 1.88 bits per heavy atom. The quantitative estimate of drug-likeness (QED) is 0.552. The molecule has 1 aliphatic carbocycles. The van der Waals surface area contributed by atoms with Crippen molar-refractivity contribution in [1.29, 1.82) is 0 Å². The third kappa shape index (κ3) is 2.53. The zero-order valence-electron chi connectivity index (χ0n) is 9.97. The average molecular weight is 249 g/mol. The smallest absolute Gasteiger partial charge is 0.213 e. The number of nitro groups is 1. The number of rotatable bonds is 2. The van der Waals surface area contributed by atoms with Gasteiger partial charge in [0.15, 0.2) is 9.84 Å². The molecule has 0 radical (unpaired) electrons. The summed E-state index contributed by atoms with van der Waals surface area (Å²) in [6.07, 6.45) is 1.61. The van der Waals surface area contributed by atoms with Gasteiger partial charge >= 0.3 is 0 Å². The van der Waals surface area contributed by atoms with Gasteiger partial charge in [-0.25, -0.2) is 8.42 Å². The largest absolute Gasteiger partial charge is 0.264 e. The molecule has 94 valence electrons. The molecule has 0 aromatic rings. The first kappa shape index (κ1) is 13.4. The van der Waals surface area contributed by atoms with E-state index >= 15 is 0 Å². The Kier molecular flexibility index (Phi) is 3.62. The van der Waals surface area contributed by atoms with Crippen molar-refractivity contribution in [2.75, 3.05) is 0 Å². The summed E-state index contributed by atoms with van der Waals surface area (Å²) in [5.74, 6) is 0. The van der Waals surface area contributed by atoms with Gasteiger partial charge in [0, 0.05) is 17.8 Å². The molecule has 0 N–H and O–H groups in total. The summed E-state index contributed by atoms with van der Waals surface area (Å²) >= 11 is 0. The molecule has 1 aliphatic rings. The van der Waals surface area contributed by atoms with Crippen molar-refractivity contribution < 1.29 is 13.3 Å². The highest BCUT2D eigenvalue weighted by Gasteiger charge is 2.41. The van der Waals surface area contributed by atoms with Crippen LogP contribution in [0.2, 0.25) is 0 Å². The molecule has 1 saturated carbocycles. The highest BCUT2D eigenvalue weighted by molar-refractivity contribution is 7.93. The van der Waals surface area contributed by atoms with Crippen LogP contribution in [0.4, 0.5) is 0 Å². The van der Waals surface area contributed by atoms with E-state index in [9.17, 15) is 18.5 Å². The summed E-state index contributed by atoms with van der Waals surface area (Å²) in [7, 11) is -3.17. The van der Waals surface area contributed by atoms with Gasteiger partial charge in [0.25, 0.3) is 0 Å². The molecule has 0 spiro atoms. The van der Waals surface area contributed by atoms with Crippen LogP contribution >= 0.6 is 0 Å². The zero-order chi connectivity index (χ0) is 12.6. The first-order valence-electron chi connectivity index (χ1n) is 5.53. The molecule has 0 amide bonds. The average Bonchev–Trinajstić information content (AvgIpc) is 2.16. The summed E-state index contributed by atoms with van der Waals surface area (Å²) in [4.78, 5) is 10.3. The Hall–Kier alpha value is -0.650. The lowest BCUT2D eigenvalue weighted by Crippen LogP contribution is -2.41. The Morgan fingerprint density at radius 2 is 1.56 bits per heavy atom. The minimum atomic E-state index is -3.17. The van der Waals surface area contributed by atoms with E-state index in [-0.39, 0.29) is 4.92 Å². The van der Waals surface area contributed by atoms with Gasteiger partial charge in [-0.3, -0.25) is 10.1 Å². The van der Waals surface area contributed by atoms with Crippen molar-refractivity contribution >= 4 is 9.84 Å². The molecule has 0 aromatic carbocycles. The second-order valence-electron chi connectivity index (χ2n) is 5.37. The van der Waals surface area contributed by atoms with Gasteiger partial charge in [0.05, 0.1) is 10.00 Å². The van der Waals surface area contributed by atoms with E-state index in [4.69, 9.17) is 0 Å². The fourth-order valence-corrected chi connectivity index (χ4v) is 3.96. The van der Waals surface area contributed by atoms with Crippen LogP contribution in [0.5, 0.6) is 0 Å². The van der Waals surface area contributed by atoms with Gasteiger partial charge in [0.1, 0.15) is 0 Å². The minimum Gasteiger partial charge on any atom is -0.264 e. The van der Waals surface area contributed by atoms with E-state index in [1.165, 1.54) is 0 Å². The van der Waals surface area contributed by atoms with Crippen LogP contribution in [0, 0.1) is 10.1 Å². The van der Waals surface area contributed by atoms with Crippen LogP contribution in [0.25, 0.3) is 0 Å². The topological polar surface area (TPSA) is 77.3 Å². The van der Waals surface area contributed by atoms with E-state index in [2.05, 4.69) is 0 Å². The van der Waals surface area contributed by atoms with Crippen LogP contribution < -0.4 is 0 Å². The molecule has 16 heavy (non-hydrogen) atoms. The molecule has 0 aromatic heterocycles. The number of hydrogen-bond donors (Lipinski definition) is 0. The van der Waals surface area contributed by atoms with Gasteiger partial charge in [-0.05, 0) is 33.6 Å². The summed E-state index contributed by atoms with van der Waals surface area (Å²) in [5, 5.41) is 10.2. The molecular weight excluding hydrogens is 230 g/mol. The van der Waals surface area contributed by atoms with E-state index in [1.807, 2.05) is 0 Å². The van der Waals surface area contributed by atoms with Crippen molar-refractivity contribution in [3.63, 3.8) is 0 Å². The lowest BCUT2D eigenvalue weighted by molar-refractivity contribution is -0.526. The van der Waals surface area contributed by atoms with Crippen molar-refractivity contribution in [2.24, 2.45) is 0 Å². The summed E-state index contributed by atoms with van der Waals surface area (Å²) in [6.45, 7) is 5.05. The van der Waals surface area contributed by atoms with Crippen molar-refractivity contribution in [3.8, 4) is 0 Å². The van der Waals surface area contributed by atoms with Crippen LogP contribution in [-0.2, 0) is 9.84 Å². The molecule has 1 rings (SSSR count). The molecule has 0 atom stereocenters. The van der Waals surface area contributed by atoms with Gasteiger partial charge in [0.2, 0.25) is 6.04 Å². The Balaban J connectivity index is 2.72. The number of sulfone groups is 1. The highest BCUT2D eigenvalue weighted by atomic mass is 32.2. The highest BCUT2D eigenvalue weighted by Crippen LogP contribution is 2.31. The maximum Gasteiger partial charge on any atom is 0.213 e. The van der Waals surface area contributed by atoms with Crippen molar-refractivity contribution in [2.45, 2.75) is 62.5 Å². The molecule has 0 heterocycles. The van der Waals surface area contributed by atoms with Gasteiger partial charge in [-0.15, -0.1) is 0 Å². The normalized spacial score (nSPS) is 27.7. The predicted octanol–water partition coefficient (Wildman–Crippen LogP) is 1.79. The molecule has 0 saturated heterocycles. The summed E-state index contributed by atoms with van der Waals surface area (Å²) in [5.41, 5.74) is 0. The number of nitrogens with zero attached hydrogens (tertiary/aromatic N) is 1. The lowest BCUT2D eigenvalue weighted by Gasteiger charge is -2.30. The second-order valence-corrected chi connectivity index (χ2v) is 8.35. The van der Waals surface area contributed by atoms with E-state index < -0.39 is 25.9 Å².